The van der Waals surface area contributed by atoms with Gasteiger partial charge in [-0.25, -0.2) is 4.79 Å². The predicted octanol–water partition coefficient (Wildman–Crippen LogP) is 4.12. The first-order chi connectivity index (χ1) is 9.49. The fourth-order valence-electron chi connectivity index (χ4n) is 3.19. The fraction of sp³-hybridized carbons (Fsp3) is 0.562. The Morgan fingerprint density at radius 3 is 2.85 bits per heavy atom. The Hall–Kier alpha value is -1.22. The summed E-state index contributed by atoms with van der Waals surface area (Å²) < 4.78 is 5.08. The number of esters is 1. The fourth-order valence-corrected chi connectivity index (χ4v) is 3.38. The van der Waals surface area contributed by atoms with Gasteiger partial charge in [-0.05, 0) is 36.5 Å². The van der Waals surface area contributed by atoms with Gasteiger partial charge < -0.3 is 10.1 Å². The number of rotatable bonds is 3. The van der Waals surface area contributed by atoms with Crippen LogP contribution < -0.4 is 5.32 Å². The van der Waals surface area contributed by atoms with Gasteiger partial charge in [0, 0.05) is 10.7 Å². The smallest absolute Gasteiger partial charge is 0.331 e. The van der Waals surface area contributed by atoms with Gasteiger partial charge in [-0.2, -0.15) is 0 Å². The van der Waals surface area contributed by atoms with Crippen LogP contribution in [0.4, 0.5) is 5.69 Å². The van der Waals surface area contributed by atoms with Gasteiger partial charge in [-0.15, -0.1) is 0 Å². The van der Waals surface area contributed by atoms with Crippen LogP contribution in [-0.2, 0) is 9.53 Å². The molecule has 1 aromatic carbocycles. The largest absolute Gasteiger partial charge is 0.467 e. The zero-order valence-electron chi connectivity index (χ0n) is 12.3. The van der Waals surface area contributed by atoms with Crippen molar-refractivity contribution in [3.8, 4) is 0 Å². The van der Waals surface area contributed by atoms with E-state index in [0.29, 0.717) is 10.9 Å². The Morgan fingerprint density at radius 2 is 2.20 bits per heavy atom. The standard InChI is InChI=1S/C16H22ClNO2/c1-11-6-5-9-16(12(11)2,15(19)20-3)18-14-8-4-7-13(17)10-14/h4,7-8,10-12,18H,5-6,9H2,1-3H3. The number of methoxy groups -OCH3 is 1. The van der Waals surface area contributed by atoms with Crippen LogP contribution >= 0.6 is 11.6 Å². The van der Waals surface area contributed by atoms with Gasteiger partial charge in [0.1, 0.15) is 5.54 Å². The molecule has 1 fully saturated rings. The van der Waals surface area contributed by atoms with E-state index >= 15 is 0 Å². The molecule has 0 saturated heterocycles. The normalized spacial score (nSPS) is 29.8. The van der Waals surface area contributed by atoms with E-state index in [1.165, 1.54) is 7.11 Å². The van der Waals surface area contributed by atoms with Crippen LogP contribution in [0.3, 0.4) is 0 Å². The average Bonchev–Trinajstić information content (AvgIpc) is 2.43. The molecule has 3 atom stereocenters. The van der Waals surface area contributed by atoms with Gasteiger partial charge in [0.15, 0.2) is 0 Å². The summed E-state index contributed by atoms with van der Waals surface area (Å²) in [6.07, 6.45) is 2.96. The highest BCUT2D eigenvalue weighted by atomic mass is 35.5. The molecule has 1 aliphatic rings. The average molecular weight is 296 g/mol. The molecule has 110 valence electrons. The third-order valence-electron chi connectivity index (χ3n) is 4.60. The van der Waals surface area contributed by atoms with Crippen molar-refractivity contribution in [3.05, 3.63) is 29.3 Å². The molecular weight excluding hydrogens is 274 g/mol. The summed E-state index contributed by atoms with van der Waals surface area (Å²) in [6, 6.07) is 7.48. The first kappa shape index (κ1) is 15.2. The molecule has 1 N–H and O–H groups in total. The quantitative estimate of drug-likeness (QED) is 0.853. The van der Waals surface area contributed by atoms with E-state index in [9.17, 15) is 4.79 Å². The maximum absolute atomic E-state index is 12.4. The van der Waals surface area contributed by atoms with Crippen molar-refractivity contribution in [2.45, 2.75) is 38.6 Å². The van der Waals surface area contributed by atoms with Crippen LogP contribution in [0.25, 0.3) is 0 Å². The van der Waals surface area contributed by atoms with Crippen molar-refractivity contribution in [1.82, 2.24) is 0 Å². The minimum atomic E-state index is -0.656. The van der Waals surface area contributed by atoms with Gasteiger partial charge in [0.05, 0.1) is 7.11 Å². The molecule has 0 bridgehead atoms. The third-order valence-corrected chi connectivity index (χ3v) is 4.84. The first-order valence-corrected chi connectivity index (χ1v) is 7.49. The van der Waals surface area contributed by atoms with E-state index in [4.69, 9.17) is 16.3 Å². The van der Waals surface area contributed by atoms with E-state index < -0.39 is 5.54 Å². The highest BCUT2D eigenvalue weighted by Gasteiger charge is 2.48. The third kappa shape index (κ3) is 2.78. The summed E-state index contributed by atoms with van der Waals surface area (Å²) >= 11 is 6.03. The number of hydrogen-bond acceptors (Lipinski definition) is 3. The van der Waals surface area contributed by atoms with Crippen molar-refractivity contribution >= 4 is 23.3 Å². The SMILES string of the molecule is COC(=O)C1(Nc2cccc(Cl)c2)CCCC(C)C1C. The number of carbonyl (C=O) groups is 1. The van der Waals surface area contributed by atoms with Crippen molar-refractivity contribution in [2.75, 3.05) is 12.4 Å². The minimum absolute atomic E-state index is 0.184. The summed E-state index contributed by atoms with van der Waals surface area (Å²) in [5, 5.41) is 4.07. The number of anilines is 1. The maximum atomic E-state index is 12.4. The molecule has 0 spiro atoms. The van der Waals surface area contributed by atoms with E-state index in [1.54, 1.807) is 0 Å². The molecule has 20 heavy (non-hydrogen) atoms. The molecule has 0 heterocycles. The Balaban J connectivity index is 2.34. The molecule has 3 nitrogen and oxygen atoms in total. The highest BCUT2D eigenvalue weighted by molar-refractivity contribution is 6.30. The van der Waals surface area contributed by atoms with Crippen molar-refractivity contribution in [1.29, 1.82) is 0 Å². The lowest BCUT2D eigenvalue weighted by Crippen LogP contribution is -2.56. The topological polar surface area (TPSA) is 38.3 Å². The Morgan fingerprint density at radius 1 is 1.45 bits per heavy atom. The number of nitrogens with one attached hydrogen (secondary N) is 1. The van der Waals surface area contributed by atoms with E-state index in [1.807, 2.05) is 24.3 Å². The lowest BCUT2D eigenvalue weighted by molar-refractivity contribution is -0.150. The second-order valence-corrected chi connectivity index (χ2v) is 6.19. The van der Waals surface area contributed by atoms with Crippen LogP contribution in [-0.4, -0.2) is 18.6 Å². The molecule has 0 radical (unpaired) electrons. The van der Waals surface area contributed by atoms with Crippen molar-refractivity contribution in [3.63, 3.8) is 0 Å². The van der Waals surface area contributed by atoms with E-state index in [-0.39, 0.29) is 11.9 Å². The van der Waals surface area contributed by atoms with Crippen LogP contribution in [0.15, 0.2) is 24.3 Å². The number of hydrogen-bond donors (Lipinski definition) is 1. The first-order valence-electron chi connectivity index (χ1n) is 7.12. The van der Waals surface area contributed by atoms with Gasteiger partial charge in [0.25, 0.3) is 0 Å². The molecule has 1 saturated carbocycles. The van der Waals surface area contributed by atoms with Crippen molar-refractivity contribution in [2.24, 2.45) is 11.8 Å². The van der Waals surface area contributed by atoms with Crippen molar-refractivity contribution < 1.29 is 9.53 Å². The van der Waals surface area contributed by atoms with E-state index in [2.05, 4.69) is 19.2 Å². The second kappa shape index (κ2) is 6.04. The molecule has 2 rings (SSSR count). The summed E-state index contributed by atoms with van der Waals surface area (Å²) in [4.78, 5) is 12.4. The summed E-state index contributed by atoms with van der Waals surface area (Å²) in [5.41, 5.74) is 0.209. The lowest BCUT2D eigenvalue weighted by atomic mass is 9.68. The zero-order chi connectivity index (χ0) is 14.8. The Bertz CT molecular complexity index is 491. The van der Waals surface area contributed by atoms with Gasteiger partial charge in [-0.1, -0.05) is 44.4 Å². The zero-order valence-corrected chi connectivity index (χ0v) is 13.0. The van der Waals surface area contributed by atoms with E-state index in [0.717, 1.165) is 24.9 Å². The predicted molar refractivity (Wildman–Crippen MR) is 82.0 cm³/mol. The molecule has 3 unspecified atom stereocenters. The molecule has 0 aliphatic heterocycles. The van der Waals surface area contributed by atoms with Crippen LogP contribution in [0, 0.1) is 11.8 Å². The molecule has 0 amide bonds. The molecular formula is C16H22ClNO2. The Kier molecular flexibility index (Phi) is 4.59. The van der Waals surface area contributed by atoms with Gasteiger partial charge >= 0.3 is 5.97 Å². The highest BCUT2D eigenvalue weighted by Crippen LogP contribution is 2.41. The molecule has 1 aliphatic carbocycles. The number of carbonyl (C=O) groups excluding carboxylic acids is 1. The van der Waals surface area contributed by atoms with Crippen LogP contribution in [0.5, 0.6) is 0 Å². The van der Waals surface area contributed by atoms with Crippen LogP contribution in [0.1, 0.15) is 33.1 Å². The van der Waals surface area contributed by atoms with Crippen LogP contribution in [0.2, 0.25) is 5.02 Å². The molecule has 4 heteroatoms. The van der Waals surface area contributed by atoms with Gasteiger partial charge in [0.2, 0.25) is 0 Å². The molecule has 1 aromatic rings. The maximum Gasteiger partial charge on any atom is 0.331 e. The second-order valence-electron chi connectivity index (χ2n) is 5.76. The lowest BCUT2D eigenvalue weighted by Gasteiger charge is -2.44. The summed E-state index contributed by atoms with van der Waals surface area (Å²) in [7, 11) is 1.45. The monoisotopic (exact) mass is 295 g/mol. The van der Waals surface area contributed by atoms with Gasteiger partial charge in [-0.3, -0.25) is 0 Å². The summed E-state index contributed by atoms with van der Waals surface area (Å²) in [5.74, 6) is 0.508. The summed E-state index contributed by atoms with van der Waals surface area (Å²) in [6.45, 7) is 4.32. The molecule has 0 aromatic heterocycles. The Labute approximate surface area is 125 Å². The number of benzene rings is 1. The minimum Gasteiger partial charge on any atom is -0.467 e. The number of halogens is 1. The number of ether oxygens (including phenoxy) is 1.